The molecular weight excluding hydrogens is 734 g/mol. The molecule has 0 bridgehead atoms. The standard InChI is InChI=1S/C33H29Cl2IN2O5S/c1-5-41-32(40)29-19(4)37-33-38(30(29)23-8-6-7-9-26(23)43-18(2)3)31(39)28(44-33)15-20-10-13-27(25(36)14-20)42-17-21-11-12-22(34)16-24(21)35/h6-16,18,30H,5,17H2,1-4H3/b28-15+/t30-/m1/s1. The highest BCUT2D eigenvalue weighted by molar-refractivity contribution is 14.1. The molecule has 1 aliphatic rings. The van der Waals surface area contributed by atoms with E-state index in [1.54, 1.807) is 30.5 Å². The lowest BCUT2D eigenvalue weighted by Crippen LogP contribution is -2.40. The number of carbonyl (C=O) groups is 1. The van der Waals surface area contributed by atoms with Gasteiger partial charge in [0, 0.05) is 21.2 Å². The Bertz CT molecular complexity index is 1950. The van der Waals surface area contributed by atoms with Gasteiger partial charge in [-0.05, 0) is 92.3 Å². The van der Waals surface area contributed by atoms with Crippen molar-refractivity contribution < 1.29 is 19.0 Å². The Morgan fingerprint density at radius 3 is 2.59 bits per heavy atom. The fraction of sp³-hybridized carbons (Fsp3) is 0.242. The molecule has 44 heavy (non-hydrogen) atoms. The first-order chi connectivity index (χ1) is 21.1. The summed E-state index contributed by atoms with van der Waals surface area (Å²) in [5.41, 5.74) is 2.87. The maximum atomic E-state index is 14.1. The molecule has 1 aliphatic heterocycles. The van der Waals surface area contributed by atoms with Crippen molar-refractivity contribution in [2.75, 3.05) is 6.61 Å². The lowest BCUT2D eigenvalue weighted by molar-refractivity contribution is -0.139. The zero-order chi connectivity index (χ0) is 31.5. The number of benzene rings is 3. The molecule has 7 nitrogen and oxygen atoms in total. The summed E-state index contributed by atoms with van der Waals surface area (Å²) >= 11 is 15.8. The third kappa shape index (κ3) is 6.91. The normalized spacial score (nSPS) is 14.8. The van der Waals surface area contributed by atoms with Gasteiger partial charge in [-0.1, -0.05) is 64.9 Å². The largest absolute Gasteiger partial charge is 0.491 e. The Labute approximate surface area is 282 Å². The number of carbonyl (C=O) groups excluding carboxylic acids is 1. The second-order valence-corrected chi connectivity index (χ2v) is 13.2. The van der Waals surface area contributed by atoms with E-state index in [1.165, 1.54) is 11.3 Å². The summed E-state index contributed by atoms with van der Waals surface area (Å²) in [6.07, 6.45) is 1.71. The molecule has 0 saturated heterocycles. The highest BCUT2D eigenvalue weighted by Crippen LogP contribution is 2.36. The molecule has 0 saturated carbocycles. The first-order valence-corrected chi connectivity index (χ1v) is 16.5. The smallest absolute Gasteiger partial charge is 0.338 e. The van der Waals surface area contributed by atoms with Crippen LogP contribution in [0.25, 0.3) is 6.08 Å². The summed E-state index contributed by atoms with van der Waals surface area (Å²) in [7, 11) is 0. The fourth-order valence-corrected chi connectivity index (χ4v) is 7.03. The maximum absolute atomic E-state index is 14.1. The fourth-order valence-electron chi connectivity index (χ4n) is 4.82. The average molecular weight is 763 g/mol. The highest BCUT2D eigenvalue weighted by atomic mass is 127. The predicted molar refractivity (Wildman–Crippen MR) is 183 cm³/mol. The van der Waals surface area contributed by atoms with Crippen molar-refractivity contribution in [3.63, 3.8) is 0 Å². The van der Waals surface area contributed by atoms with Crippen LogP contribution in [0.2, 0.25) is 10.0 Å². The number of fused-ring (bicyclic) bond motifs is 1. The second kappa shape index (κ2) is 13.9. The number of aromatic nitrogens is 1. The van der Waals surface area contributed by atoms with Crippen molar-refractivity contribution in [3.05, 3.63) is 122 Å². The molecule has 0 spiro atoms. The van der Waals surface area contributed by atoms with Crippen LogP contribution >= 0.6 is 57.1 Å². The van der Waals surface area contributed by atoms with Crippen LogP contribution in [0.15, 0.2) is 81.7 Å². The van der Waals surface area contributed by atoms with Crippen molar-refractivity contribution in [3.8, 4) is 11.5 Å². The summed E-state index contributed by atoms with van der Waals surface area (Å²) in [5, 5.41) is 1.10. The monoisotopic (exact) mass is 762 g/mol. The van der Waals surface area contributed by atoms with E-state index in [0.717, 1.165) is 14.7 Å². The van der Waals surface area contributed by atoms with Gasteiger partial charge in [-0.15, -0.1) is 0 Å². The molecule has 5 rings (SSSR count). The minimum atomic E-state index is -0.766. The minimum Gasteiger partial charge on any atom is -0.491 e. The summed E-state index contributed by atoms with van der Waals surface area (Å²) in [5.74, 6) is 0.757. The van der Waals surface area contributed by atoms with Gasteiger partial charge in [-0.3, -0.25) is 9.36 Å². The molecule has 228 valence electrons. The molecule has 4 aromatic rings. The Balaban J connectivity index is 1.55. The van der Waals surface area contributed by atoms with Gasteiger partial charge in [0.05, 0.1) is 32.1 Å². The van der Waals surface area contributed by atoms with Crippen LogP contribution in [-0.2, 0) is 16.1 Å². The number of thiazole rings is 1. The number of para-hydroxylation sites is 1. The van der Waals surface area contributed by atoms with Crippen LogP contribution in [-0.4, -0.2) is 23.2 Å². The first kappa shape index (κ1) is 32.3. The first-order valence-electron chi connectivity index (χ1n) is 13.9. The van der Waals surface area contributed by atoms with Crippen molar-refractivity contribution in [2.24, 2.45) is 4.99 Å². The molecule has 1 atom stereocenters. The van der Waals surface area contributed by atoms with Crippen molar-refractivity contribution in [1.82, 2.24) is 4.57 Å². The quantitative estimate of drug-likeness (QED) is 0.135. The number of rotatable bonds is 9. The van der Waals surface area contributed by atoms with Crippen LogP contribution < -0.4 is 24.4 Å². The van der Waals surface area contributed by atoms with Crippen LogP contribution in [0.3, 0.4) is 0 Å². The molecule has 0 radical (unpaired) electrons. The van der Waals surface area contributed by atoms with Gasteiger partial charge in [-0.25, -0.2) is 9.79 Å². The van der Waals surface area contributed by atoms with E-state index in [1.807, 2.05) is 68.5 Å². The van der Waals surface area contributed by atoms with Gasteiger partial charge in [-0.2, -0.15) is 0 Å². The average Bonchev–Trinajstić information content (AvgIpc) is 3.26. The second-order valence-electron chi connectivity index (χ2n) is 10.2. The minimum absolute atomic E-state index is 0.110. The number of esters is 1. The lowest BCUT2D eigenvalue weighted by atomic mass is 9.95. The molecule has 0 unspecified atom stereocenters. The maximum Gasteiger partial charge on any atom is 0.338 e. The van der Waals surface area contributed by atoms with Gasteiger partial charge < -0.3 is 14.2 Å². The Morgan fingerprint density at radius 1 is 1.11 bits per heavy atom. The number of nitrogens with zero attached hydrogens (tertiary/aromatic N) is 2. The van der Waals surface area contributed by atoms with E-state index >= 15 is 0 Å². The van der Waals surface area contributed by atoms with Gasteiger partial charge >= 0.3 is 5.97 Å². The summed E-state index contributed by atoms with van der Waals surface area (Å²) < 4.78 is 20.5. The molecule has 2 heterocycles. The molecule has 0 amide bonds. The summed E-state index contributed by atoms with van der Waals surface area (Å²) in [6.45, 7) is 7.86. The molecule has 11 heteroatoms. The van der Waals surface area contributed by atoms with E-state index < -0.39 is 12.0 Å². The number of ether oxygens (including phenoxy) is 3. The Hall–Kier alpha value is -3.12. The Morgan fingerprint density at radius 2 is 1.89 bits per heavy atom. The van der Waals surface area contributed by atoms with E-state index in [9.17, 15) is 9.59 Å². The van der Waals surface area contributed by atoms with Gasteiger partial charge in [0.2, 0.25) is 0 Å². The Kier molecular flexibility index (Phi) is 10.2. The zero-order valence-electron chi connectivity index (χ0n) is 24.4. The summed E-state index contributed by atoms with van der Waals surface area (Å²) in [4.78, 5) is 32.5. The van der Waals surface area contributed by atoms with Gasteiger partial charge in [0.1, 0.15) is 24.1 Å². The number of allylic oxidation sites excluding steroid dienone is 1. The SMILES string of the molecule is CCOC(=O)C1=C(C)N=c2s/c(=C/c3ccc(OCc4ccc(Cl)cc4Cl)c(I)c3)c(=O)n2[C@@H]1c1ccccc1OC(C)C. The molecule has 3 aromatic carbocycles. The third-order valence-corrected chi connectivity index (χ3v) is 9.16. The van der Waals surface area contributed by atoms with E-state index in [4.69, 9.17) is 37.4 Å². The predicted octanol–water partition coefficient (Wildman–Crippen LogP) is 7.08. The van der Waals surface area contributed by atoms with E-state index in [2.05, 4.69) is 27.6 Å². The van der Waals surface area contributed by atoms with Gasteiger partial charge in [0.15, 0.2) is 4.80 Å². The highest BCUT2D eigenvalue weighted by Gasteiger charge is 2.35. The van der Waals surface area contributed by atoms with Crippen LogP contribution in [0.4, 0.5) is 0 Å². The third-order valence-electron chi connectivity index (χ3n) is 6.75. The number of hydrogen-bond donors (Lipinski definition) is 0. The van der Waals surface area contributed by atoms with Crippen molar-refractivity contribution in [1.29, 1.82) is 0 Å². The lowest BCUT2D eigenvalue weighted by Gasteiger charge is -2.26. The van der Waals surface area contributed by atoms with Gasteiger partial charge in [0.25, 0.3) is 5.56 Å². The number of halogens is 3. The van der Waals surface area contributed by atoms with Crippen LogP contribution in [0, 0.1) is 3.57 Å². The number of hydrogen-bond acceptors (Lipinski definition) is 7. The van der Waals surface area contributed by atoms with E-state index in [0.29, 0.717) is 47.7 Å². The summed E-state index contributed by atoms with van der Waals surface area (Å²) in [6, 6.07) is 17.7. The topological polar surface area (TPSA) is 79.1 Å². The molecular formula is C33H29Cl2IN2O5S. The van der Waals surface area contributed by atoms with Crippen LogP contribution in [0.1, 0.15) is 50.4 Å². The van der Waals surface area contributed by atoms with E-state index in [-0.39, 0.29) is 24.9 Å². The molecule has 1 aromatic heterocycles. The molecule has 0 aliphatic carbocycles. The van der Waals surface area contributed by atoms with Crippen molar-refractivity contribution in [2.45, 2.75) is 46.4 Å². The zero-order valence-corrected chi connectivity index (χ0v) is 28.9. The van der Waals surface area contributed by atoms with Crippen molar-refractivity contribution >= 4 is 69.2 Å². The van der Waals surface area contributed by atoms with Crippen LogP contribution in [0.5, 0.6) is 11.5 Å². The molecule has 0 fully saturated rings. The molecule has 0 N–H and O–H groups in total.